The van der Waals surface area contributed by atoms with Crippen molar-refractivity contribution >= 4 is 62.6 Å². The van der Waals surface area contributed by atoms with Gasteiger partial charge in [0.2, 0.25) is 17.8 Å². The van der Waals surface area contributed by atoms with E-state index in [1.165, 1.54) is 6.07 Å². The Hall–Kier alpha value is -7.69. The number of allylic oxidation sites excluding steroid dienone is 2. The number of rotatable bonds is 26. The number of nitrogens with zero attached hydrogens (tertiary/aromatic N) is 9. The summed E-state index contributed by atoms with van der Waals surface area (Å²) in [6.45, 7) is 16.1. The van der Waals surface area contributed by atoms with Crippen LogP contribution in [0.25, 0.3) is 44.5 Å². The molecule has 0 saturated heterocycles. The fourth-order valence-electron chi connectivity index (χ4n) is 8.20. The molecule has 3 amide bonds. The number of aromatic nitrogens is 9. The number of aryl methyl sites for hydroxylation is 4. The van der Waals surface area contributed by atoms with Crippen molar-refractivity contribution in [3.05, 3.63) is 83.0 Å². The topological polar surface area (TPSA) is 272 Å². The summed E-state index contributed by atoms with van der Waals surface area (Å²) in [7, 11) is 1.62. The third kappa shape index (κ3) is 12.9. The van der Waals surface area contributed by atoms with Gasteiger partial charge >= 0.3 is 5.97 Å². The summed E-state index contributed by atoms with van der Waals surface area (Å²) in [6, 6.07) is 10.1. The van der Waals surface area contributed by atoms with Crippen molar-refractivity contribution in [2.45, 2.75) is 93.1 Å². The second kappa shape index (κ2) is 23.7. The van der Waals surface area contributed by atoms with Gasteiger partial charge in [0.1, 0.15) is 46.3 Å². The van der Waals surface area contributed by atoms with Gasteiger partial charge in [-0.3, -0.25) is 33.9 Å². The van der Waals surface area contributed by atoms with E-state index in [1.807, 2.05) is 48.2 Å². The minimum absolute atomic E-state index is 0.0659. The third-order valence-electron chi connectivity index (χ3n) is 11.3. The van der Waals surface area contributed by atoms with Crippen LogP contribution in [-0.4, -0.2) is 126 Å². The van der Waals surface area contributed by atoms with Crippen LogP contribution in [0.4, 0.5) is 5.95 Å². The third-order valence-corrected chi connectivity index (χ3v) is 11.3. The van der Waals surface area contributed by atoms with E-state index in [-0.39, 0.29) is 81.3 Å². The van der Waals surface area contributed by atoms with Crippen molar-refractivity contribution in [3.8, 4) is 23.0 Å². The van der Waals surface area contributed by atoms with Crippen LogP contribution in [-0.2, 0) is 49.9 Å². The summed E-state index contributed by atoms with van der Waals surface area (Å²) in [4.78, 5) is 66.0. The molecule has 0 spiro atoms. The molecular weight excluding hydrogens is 941 g/mol. The van der Waals surface area contributed by atoms with Crippen molar-refractivity contribution in [2.24, 2.45) is 11.5 Å². The van der Waals surface area contributed by atoms with Gasteiger partial charge in [-0.1, -0.05) is 12.2 Å². The van der Waals surface area contributed by atoms with Crippen LogP contribution >= 0.6 is 0 Å². The average Bonchev–Trinajstić information content (AvgIpc) is 4.11. The summed E-state index contributed by atoms with van der Waals surface area (Å²) >= 11 is 0. The van der Waals surface area contributed by atoms with Gasteiger partial charge in [-0.25, -0.2) is 15.0 Å². The predicted octanol–water partition coefficient (Wildman–Crippen LogP) is 5.92. The molecule has 22 heteroatoms. The van der Waals surface area contributed by atoms with Crippen LogP contribution in [0.1, 0.15) is 90.1 Å². The fourth-order valence-corrected chi connectivity index (χ4v) is 8.20. The van der Waals surface area contributed by atoms with Crippen LogP contribution in [0, 0.1) is 13.8 Å². The second-order valence-electron chi connectivity index (χ2n) is 18.0. The Morgan fingerprint density at radius 2 is 1.34 bits per heavy atom. The number of carbonyl (C=O) groups excluding carboxylic acids is 4. The maximum absolute atomic E-state index is 14.0. The highest BCUT2D eigenvalue weighted by Gasteiger charge is 2.24. The zero-order valence-corrected chi connectivity index (χ0v) is 42.7. The van der Waals surface area contributed by atoms with Crippen LogP contribution in [0.2, 0.25) is 0 Å². The van der Waals surface area contributed by atoms with Gasteiger partial charge in [0, 0.05) is 74.4 Å². The molecule has 0 atom stereocenters. The van der Waals surface area contributed by atoms with E-state index in [2.05, 4.69) is 15.5 Å². The zero-order chi connectivity index (χ0) is 52.4. The molecule has 5 N–H and O–H groups in total. The summed E-state index contributed by atoms with van der Waals surface area (Å²) in [5, 5.41) is 13.4. The van der Waals surface area contributed by atoms with Gasteiger partial charge in [0.15, 0.2) is 5.82 Å². The molecular formula is C51H64N12O10. The molecule has 0 aliphatic carbocycles. The molecule has 0 radical (unpaired) electrons. The molecule has 73 heavy (non-hydrogen) atoms. The Balaban J connectivity index is 1.23. The highest BCUT2D eigenvalue weighted by Crippen LogP contribution is 2.37. The number of hydrogen-bond donors (Lipinski definition) is 3. The molecule has 388 valence electrons. The molecule has 2 aromatic carbocycles. The zero-order valence-electron chi connectivity index (χ0n) is 42.7. The minimum Gasteiger partial charge on any atom is -0.491 e. The Kier molecular flexibility index (Phi) is 17.2. The number of hydrogen-bond acceptors (Lipinski definition) is 15. The molecule has 0 saturated carbocycles. The number of carbonyl (C=O) groups is 4. The number of esters is 1. The van der Waals surface area contributed by atoms with Crippen LogP contribution in [0.15, 0.2) is 54.7 Å². The first-order valence-electron chi connectivity index (χ1n) is 24.1. The van der Waals surface area contributed by atoms with Crippen LogP contribution in [0.3, 0.4) is 0 Å². The molecule has 0 unspecified atom stereocenters. The summed E-state index contributed by atoms with van der Waals surface area (Å²) in [6.07, 6.45) is 6.28. The van der Waals surface area contributed by atoms with E-state index in [0.29, 0.717) is 88.7 Å². The standard InChI is InChI=1S/C51H64N12O10/c1-9-62-38(24-31(3)58-62)47-54-30-36-35-26-33(45(52)65)28-40(71-18-13-17-68-8)43(35)60(48(36)56-47)15-11-12-16-61-44-37(55-50(61)57-49(67)39-25-32(4)59-63(39)10-2)27-34(46(53)66)29-41(44)72-23-22-70-21-20-69-19-14-42(64)73-51(5,6)7/h11-12,24-30H,9-10,13-23H2,1-8H3,(H2,52,65)(H2,53,66)(H,55,57,67)/b12-11+. The SMILES string of the molecule is CCn1nc(C)cc1C(=O)Nc1nc2cc(C(N)=O)cc(OCCOCCOCCC(=O)OC(C)(C)C)c2n1C/C=C/Cn1c2nc(-c3cc(C)nn3CC)ncc2c2cc(C(N)=O)cc(OCCCOC)c21. The van der Waals surface area contributed by atoms with E-state index in [4.69, 9.17) is 54.8 Å². The quantitative estimate of drug-likeness (QED) is 0.0323. The van der Waals surface area contributed by atoms with Crippen molar-refractivity contribution in [1.82, 2.24) is 43.6 Å². The molecule has 22 nitrogen and oxygen atoms in total. The van der Waals surface area contributed by atoms with E-state index in [1.54, 1.807) is 74.5 Å². The maximum Gasteiger partial charge on any atom is 0.308 e. The predicted molar refractivity (Wildman–Crippen MR) is 273 cm³/mol. The molecule has 7 aromatic rings. The first-order chi connectivity index (χ1) is 35.0. The van der Waals surface area contributed by atoms with Crippen molar-refractivity contribution in [3.63, 3.8) is 0 Å². The number of amides is 3. The monoisotopic (exact) mass is 1000 g/mol. The number of ether oxygens (including phenoxy) is 6. The van der Waals surface area contributed by atoms with Gasteiger partial charge in [-0.05, 0) is 84.9 Å². The van der Waals surface area contributed by atoms with E-state index in [0.717, 1.165) is 11.4 Å². The molecule has 0 aliphatic heterocycles. The van der Waals surface area contributed by atoms with Gasteiger partial charge in [-0.15, -0.1) is 0 Å². The summed E-state index contributed by atoms with van der Waals surface area (Å²) < 4.78 is 41.8. The minimum atomic E-state index is -0.702. The van der Waals surface area contributed by atoms with Gasteiger partial charge < -0.3 is 49.0 Å². The largest absolute Gasteiger partial charge is 0.491 e. The average molecular weight is 1010 g/mol. The molecule has 5 aromatic heterocycles. The number of imidazole rings is 1. The van der Waals surface area contributed by atoms with E-state index < -0.39 is 23.3 Å². The number of methoxy groups -OCH3 is 1. The number of nitrogens with two attached hydrogens (primary N) is 2. The molecule has 0 fully saturated rings. The van der Waals surface area contributed by atoms with Gasteiger partial charge in [0.25, 0.3) is 5.91 Å². The van der Waals surface area contributed by atoms with E-state index in [9.17, 15) is 19.2 Å². The van der Waals surface area contributed by atoms with Crippen LogP contribution < -0.4 is 26.3 Å². The van der Waals surface area contributed by atoms with Crippen LogP contribution in [0.5, 0.6) is 11.5 Å². The highest BCUT2D eigenvalue weighted by atomic mass is 16.6. The summed E-state index contributed by atoms with van der Waals surface area (Å²) in [5.41, 5.74) is 16.1. The molecule has 5 heterocycles. The Bertz CT molecular complexity index is 3160. The lowest BCUT2D eigenvalue weighted by molar-refractivity contribution is -0.156. The number of anilines is 1. The van der Waals surface area contributed by atoms with Gasteiger partial charge in [0.05, 0.1) is 61.9 Å². The van der Waals surface area contributed by atoms with Gasteiger partial charge in [-0.2, -0.15) is 10.2 Å². The number of primary amides is 2. The lowest BCUT2D eigenvalue weighted by Crippen LogP contribution is -2.24. The Labute approximate surface area is 421 Å². The highest BCUT2D eigenvalue weighted by molar-refractivity contribution is 6.12. The molecule has 0 bridgehead atoms. The van der Waals surface area contributed by atoms with Crippen molar-refractivity contribution in [1.29, 1.82) is 0 Å². The van der Waals surface area contributed by atoms with E-state index >= 15 is 0 Å². The molecule has 0 aliphatic rings. The number of nitrogens with one attached hydrogen (secondary N) is 1. The number of benzene rings is 2. The summed E-state index contributed by atoms with van der Waals surface area (Å²) in [5.74, 6) is -0.788. The second-order valence-corrected chi connectivity index (χ2v) is 18.0. The first kappa shape index (κ1) is 53.1. The smallest absolute Gasteiger partial charge is 0.308 e. The van der Waals surface area contributed by atoms with Crippen molar-refractivity contribution < 1.29 is 47.6 Å². The lowest BCUT2D eigenvalue weighted by atomic mass is 10.1. The normalized spacial score (nSPS) is 11.9. The Morgan fingerprint density at radius 3 is 2.03 bits per heavy atom. The Morgan fingerprint density at radius 1 is 0.712 bits per heavy atom. The fraction of sp³-hybridized carbons (Fsp3) is 0.431. The maximum atomic E-state index is 14.0. The van der Waals surface area contributed by atoms with Crippen molar-refractivity contribution in [2.75, 3.05) is 58.7 Å². The molecule has 7 rings (SSSR count). The lowest BCUT2D eigenvalue weighted by Gasteiger charge is -2.19. The number of fused-ring (bicyclic) bond motifs is 4. The first-order valence-corrected chi connectivity index (χ1v) is 24.1.